The number of benzene rings is 1. The van der Waals surface area contributed by atoms with Crippen molar-refractivity contribution in [2.75, 3.05) is 13.2 Å². The Morgan fingerprint density at radius 3 is 2.85 bits per heavy atom. The normalized spacial score (nSPS) is 18.7. The van der Waals surface area contributed by atoms with Crippen LogP contribution in [0.1, 0.15) is 71.5 Å². The first-order valence-electron chi connectivity index (χ1n) is 10.3. The number of carbonyl (C=O) groups excluding carboxylic acids is 1. The minimum absolute atomic E-state index is 0.0210. The quantitative estimate of drug-likeness (QED) is 0.882. The van der Waals surface area contributed by atoms with Gasteiger partial charge in [0.1, 0.15) is 5.69 Å². The number of hydrogen-bond donors (Lipinski definition) is 1. The molecule has 0 aliphatic heterocycles. The smallest absolute Gasteiger partial charge is 0.273 e. The van der Waals surface area contributed by atoms with Gasteiger partial charge in [0.25, 0.3) is 5.91 Å². The standard InChI is InChI=1S/C22H29N3O2/c1-2-25-21(18-11-5-6-12-19(18)23-25)22(27)24(14-15-26)20-13-7-9-16-8-3-4-10-17(16)20/h3-4,8,10,20,26H,2,5-7,9,11-15H2,1H3/t20-/m1/s1. The monoisotopic (exact) mass is 367 g/mol. The maximum absolute atomic E-state index is 13.7. The molecule has 0 unspecified atom stereocenters. The molecule has 0 radical (unpaired) electrons. The lowest BCUT2D eigenvalue weighted by atomic mass is 9.86. The third-order valence-electron chi connectivity index (χ3n) is 6.04. The summed E-state index contributed by atoms with van der Waals surface area (Å²) in [5.41, 5.74) is 5.56. The number of fused-ring (bicyclic) bond motifs is 2. The molecule has 5 nitrogen and oxygen atoms in total. The van der Waals surface area contributed by atoms with Crippen molar-refractivity contribution in [3.05, 3.63) is 52.3 Å². The van der Waals surface area contributed by atoms with Gasteiger partial charge in [-0.15, -0.1) is 0 Å². The van der Waals surface area contributed by atoms with E-state index in [1.807, 2.05) is 16.5 Å². The summed E-state index contributed by atoms with van der Waals surface area (Å²) in [4.78, 5) is 15.6. The molecular weight excluding hydrogens is 338 g/mol. The highest BCUT2D eigenvalue weighted by Gasteiger charge is 2.33. The van der Waals surface area contributed by atoms with Crippen molar-refractivity contribution in [1.29, 1.82) is 0 Å². The maximum Gasteiger partial charge on any atom is 0.273 e. The average molecular weight is 367 g/mol. The Morgan fingerprint density at radius 2 is 2.04 bits per heavy atom. The van der Waals surface area contributed by atoms with E-state index in [1.54, 1.807) is 0 Å². The zero-order valence-corrected chi connectivity index (χ0v) is 16.2. The number of nitrogens with zero attached hydrogens (tertiary/aromatic N) is 3. The van der Waals surface area contributed by atoms with Gasteiger partial charge in [-0.1, -0.05) is 24.3 Å². The van der Waals surface area contributed by atoms with E-state index < -0.39 is 0 Å². The van der Waals surface area contributed by atoms with Gasteiger partial charge in [-0.2, -0.15) is 5.10 Å². The van der Waals surface area contributed by atoms with E-state index in [2.05, 4.69) is 24.3 Å². The molecule has 1 atom stereocenters. The van der Waals surface area contributed by atoms with Crippen molar-refractivity contribution in [3.63, 3.8) is 0 Å². The summed E-state index contributed by atoms with van der Waals surface area (Å²) in [6.45, 7) is 3.08. The topological polar surface area (TPSA) is 58.4 Å². The number of aliphatic hydroxyl groups excluding tert-OH is 1. The van der Waals surface area contributed by atoms with Gasteiger partial charge < -0.3 is 10.0 Å². The predicted octanol–water partition coefficient (Wildman–Crippen LogP) is 3.29. The van der Waals surface area contributed by atoms with Crippen molar-refractivity contribution in [3.8, 4) is 0 Å². The van der Waals surface area contributed by atoms with Gasteiger partial charge in [0.05, 0.1) is 18.3 Å². The van der Waals surface area contributed by atoms with Gasteiger partial charge >= 0.3 is 0 Å². The Bertz CT molecular complexity index is 827. The van der Waals surface area contributed by atoms with Crippen LogP contribution in [0.5, 0.6) is 0 Å². The molecule has 1 aromatic heterocycles. The molecule has 1 N–H and O–H groups in total. The van der Waals surface area contributed by atoms with Crippen LogP contribution in [0.25, 0.3) is 0 Å². The molecule has 0 bridgehead atoms. The SMILES string of the molecule is CCn1nc2c(c1C(=O)N(CCO)[C@@H]1CCCc3ccccc31)CCCC2. The van der Waals surface area contributed by atoms with Crippen LogP contribution in [0, 0.1) is 0 Å². The van der Waals surface area contributed by atoms with Gasteiger partial charge in [-0.3, -0.25) is 9.48 Å². The number of amides is 1. The highest BCUT2D eigenvalue weighted by Crippen LogP contribution is 2.36. The summed E-state index contributed by atoms with van der Waals surface area (Å²) in [6.07, 6.45) is 7.26. The van der Waals surface area contributed by atoms with Crippen molar-refractivity contribution in [1.82, 2.24) is 14.7 Å². The van der Waals surface area contributed by atoms with Crippen LogP contribution < -0.4 is 0 Å². The van der Waals surface area contributed by atoms with Crippen molar-refractivity contribution in [2.24, 2.45) is 0 Å². The summed E-state index contributed by atoms with van der Waals surface area (Å²) in [5.74, 6) is 0.0308. The molecule has 144 valence electrons. The molecule has 1 aromatic carbocycles. The Kier molecular flexibility index (Phi) is 5.30. The molecule has 2 aromatic rings. The third-order valence-corrected chi connectivity index (χ3v) is 6.04. The van der Waals surface area contributed by atoms with E-state index in [0.717, 1.165) is 61.9 Å². The first kappa shape index (κ1) is 18.2. The summed E-state index contributed by atoms with van der Waals surface area (Å²) < 4.78 is 1.89. The second-order valence-corrected chi connectivity index (χ2v) is 7.63. The van der Waals surface area contributed by atoms with Crippen LogP contribution in [-0.4, -0.2) is 38.8 Å². The average Bonchev–Trinajstić information content (AvgIpc) is 3.10. The largest absolute Gasteiger partial charge is 0.395 e. The number of aliphatic hydroxyl groups is 1. The van der Waals surface area contributed by atoms with E-state index in [9.17, 15) is 9.90 Å². The van der Waals surface area contributed by atoms with Crippen LogP contribution in [0.2, 0.25) is 0 Å². The van der Waals surface area contributed by atoms with Gasteiger partial charge in [-0.25, -0.2) is 0 Å². The van der Waals surface area contributed by atoms with Gasteiger partial charge in [0.2, 0.25) is 0 Å². The number of carbonyl (C=O) groups is 1. The minimum atomic E-state index is -0.0210. The summed E-state index contributed by atoms with van der Waals surface area (Å²) in [5, 5.41) is 14.4. The van der Waals surface area contributed by atoms with Gasteiger partial charge in [0, 0.05) is 18.7 Å². The Hall–Kier alpha value is -2.14. The molecule has 5 heteroatoms. The maximum atomic E-state index is 13.7. The molecular formula is C22H29N3O2. The summed E-state index contributed by atoms with van der Waals surface area (Å²) in [6, 6.07) is 8.47. The van der Waals surface area contributed by atoms with E-state index in [4.69, 9.17) is 5.10 Å². The van der Waals surface area contributed by atoms with Crippen molar-refractivity contribution >= 4 is 5.91 Å². The highest BCUT2D eigenvalue weighted by molar-refractivity contribution is 5.94. The Labute approximate surface area is 161 Å². The Morgan fingerprint density at radius 1 is 1.22 bits per heavy atom. The number of hydrogen-bond acceptors (Lipinski definition) is 3. The number of aryl methyl sites for hydroxylation is 3. The summed E-state index contributed by atoms with van der Waals surface area (Å²) in [7, 11) is 0. The molecule has 2 aliphatic carbocycles. The van der Waals surface area contributed by atoms with Crippen molar-refractivity contribution in [2.45, 2.75) is 64.5 Å². The zero-order chi connectivity index (χ0) is 18.8. The predicted molar refractivity (Wildman–Crippen MR) is 105 cm³/mol. The van der Waals surface area contributed by atoms with Crippen LogP contribution in [0.4, 0.5) is 0 Å². The lowest BCUT2D eigenvalue weighted by Crippen LogP contribution is -2.40. The molecule has 1 heterocycles. The van der Waals surface area contributed by atoms with E-state index in [1.165, 1.54) is 11.1 Å². The van der Waals surface area contributed by atoms with Crippen LogP contribution >= 0.6 is 0 Å². The highest BCUT2D eigenvalue weighted by atomic mass is 16.3. The molecule has 1 amide bonds. The zero-order valence-electron chi connectivity index (χ0n) is 16.2. The van der Waals surface area contributed by atoms with Crippen LogP contribution in [-0.2, 0) is 25.8 Å². The molecule has 4 rings (SSSR count). The van der Waals surface area contributed by atoms with E-state index in [-0.39, 0.29) is 18.6 Å². The van der Waals surface area contributed by atoms with Crippen molar-refractivity contribution < 1.29 is 9.90 Å². The number of rotatable bonds is 5. The lowest BCUT2D eigenvalue weighted by molar-refractivity contribution is 0.0596. The summed E-state index contributed by atoms with van der Waals surface area (Å²) >= 11 is 0. The third kappa shape index (κ3) is 3.29. The second kappa shape index (κ2) is 7.85. The van der Waals surface area contributed by atoms with Crippen LogP contribution in [0.3, 0.4) is 0 Å². The molecule has 0 saturated carbocycles. The fourth-order valence-electron chi connectivity index (χ4n) is 4.77. The fraction of sp³-hybridized carbons (Fsp3) is 0.545. The first-order valence-corrected chi connectivity index (χ1v) is 10.3. The lowest BCUT2D eigenvalue weighted by Gasteiger charge is -2.36. The number of aromatic nitrogens is 2. The molecule has 0 saturated heterocycles. The Balaban J connectivity index is 1.74. The fourth-order valence-corrected chi connectivity index (χ4v) is 4.77. The first-order chi connectivity index (χ1) is 13.2. The minimum Gasteiger partial charge on any atom is -0.395 e. The van der Waals surface area contributed by atoms with E-state index in [0.29, 0.717) is 13.1 Å². The second-order valence-electron chi connectivity index (χ2n) is 7.63. The molecule has 2 aliphatic rings. The van der Waals surface area contributed by atoms with Crippen LogP contribution in [0.15, 0.2) is 24.3 Å². The molecule has 27 heavy (non-hydrogen) atoms. The van der Waals surface area contributed by atoms with E-state index >= 15 is 0 Å². The molecule has 0 fully saturated rings. The van der Waals surface area contributed by atoms with Gasteiger partial charge in [-0.05, 0) is 63.0 Å². The molecule has 0 spiro atoms. The van der Waals surface area contributed by atoms with Gasteiger partial charge in [0.15, 0.2) is 0 Å².